The molecule has 0 aliphatic carbocycles. The van der Waals surface area contributed by atoms with Crippen LogP contribution < -0.4 is 0 Å². The molecule has 0 bridgehead atoms. The number of halogens is 2. The summed E-state index contributed by atoms with van der Waals surface area (Å²) in [6, 6.07) is 5.03. The molecule has 0 aromatic heterocycles. The third-order valence-corrected chi connectivity index (χ3v) is 3.85. The van der Waals surface area contributed by atoms with Crippen LogP contribution in [0.4, 0.5) is 4.39 Å². The van der Waals surface area contributed by atoms with E-state index in [1.165, 1.54) is 6.07 Å². The molecule has 0 amide bonds. The molecular weight excluding hydrogens is 271 g/mol. The van der Waals surface area contributed by atoms with Crippen LogP contribution in [0, 0.1) is 17.7 Å². The largest absolute Gasteiger partial charge is 0.393 e. The summed E-state index contributed by atoms with van der Waals surface area (Å²) in [5.74, 6) is 0.277. The Bertz CT molecular complexity index is 342. The summed E-state index contributed by atoms with van der Waals surface area (Å²) in [6.45, 7) is 5.94. The molecule has 90 valence electrons. The van der Waals surface area contributed by atoms with Crippen LogP contribution in [0.25, 0.3) is 0 Å². The number of rotatable bonds is 4. The van der Waals surface area contributed by atoms with Crippen molar-refractivity contribution < 1.29 is 9.50 Å². The van der Waals surface area contributed by atoms with Crippen LogP contribution in [0.2, 0.25) is 0 Å². The quantitative estimate of drug-likeness (QED) is 0.894. The minimum atomic E-state index is -0.379. The molecule has 0 spiro atoms. The SMILES string of the molecule is CC(C)C(Cc1cccc(F)c1Br)C(C)O. The van der Waals surface area contributed by atoms with Crippen molar-refractivity contribution >= 4 is 15.9 Å². The van der Waals surface area contributed by atoms with Gasteiger partial charge < -0.3 is 5.11 Å². The number of hydrogen-bond acceptors (Lipinski definition) is 1. The van der Waals surface area contributed by atoms with E-state index in [0.29, 0.717) is 16.8 Å². The van der Waals surface area contributed by atoms with Gasteiger partial charge in [-0.3, -0.25) is 0 Å². The Labute approximate surface area is 105 Å². The van der Waals surface area contributed by atoms with Gasteiger partial charge in [0, 0.05) is 0 Å². The standard InChI is InChI=1S/C13H18BrFO/c1-8(2)11(9(3)16)7-10-5-4-6-12(15)13(10)14/h4-6,8-9,11,16H,7H2,1-3H3. The van der Waals surface area contributed by atoms with Gasteiger partial charge in [0.2, 0.25) is 0 Å². The van der Waals surface area contributed by atoms with E-state index in [1.54, 1.807) is 13.0 Å². The van der Waals surface area contributed by atoms with Crippen LogP contribution in [-0.4, -0.2) is 11.2 Å². The number of hydrogen-bond donors (Lipinski definition) is 1. The smallest absolute Gasteiger partial charge is 0.137 e. The Morgan fingerprint density at radius 2 is 1.94 bits per heavy atom. The number of aliphatic hydroxyl groups is 1. The van der Waals surface area contributed by atoms with E-state index >= 15 is 0 Å². The highest BCUT2D eigenvalue weighted by Crippen LogP contribution is 2.27. The van der Waals surface area contributed by atoms with Gasteiger partial charge in [0.25, 0.3) is 0 Å². The molecule has 1 rings (SSSR count). The lowest BCUT2D eigenvalue weighted by atomic mass is 9.85. The first-order valence-electron chi connectivity index (χ1n) is 5.54. The highest BCUT2D eigenvalue weighted by molar-refractivity contribution is 9.10. The van der Waals surface area contributed by atoms with Gasteiger partial charge in [0.15, 0.2) is 0 Å². The third kappa shape index (κ3) is 3.29. The molecule has 16 heavy (non-hydrogen) atoms. The second kappa shape index (κ2) is 5.78. The maximum atomic E-state index is 13.3. The zero-order chi connectivity index (χ0) is 12.3. The zero-order valence-corrected chi connectivity index (χ0v) is 11.5. The topological polar surface area (TPSA) is 20.2 Å². The molecule has 0 saturated heterocycles. The van der Waals surface area contributed by atoms with Gasteiger partial charge >= 0.3 is 0 Å². The second-order valence-corrected chi connectivity index (χ2v) is 5.36. The highest BCUT2D eigenvalue weighted by atomic mass is 79.9. The Morgan fingerprint density at radius 1 is 1.31 bits per heavy atom. The van der Waals surface area contributed by atoms with Crippen molar-refractivity contribution in [3.63, 3.8) is 0 Å². The monoisotopic (exact) mass is 288 g/mol. The van der Waals surface area contributed by atoms with Gasteiger partial charge in [-0.05, 0) is 52.7 Å². The third-order valence-electron chi connectivity index (χ3n) is 2.96. The van der Waals surface area contributed by atoms with Crippen molar-refractivity contribution in [2.75, 3.05) is 0 Å². The van der Waals surface area contributed by atoms with Crippen molar-refractivity contribution in [2.45, 2.75) is 33.3 Å². The van der Waals surface area contributed by atoms with E-state index < -0.39 is 0 Å². The predicted molar refractivity (Wildman–Crippen MR) is 67.8 cm³/mol. The minimum absolute atomic E-state index is 0.151. The normalized spacial score (nSPS) is 15.2. The second-order valence-electron chi connectivity index (χ2n) is 4.57. The molecule has 0 saturated carbocycles. The van der Waals surface area contributed by atoms with Crippen LogP contribution >= 0.6 is 15.9 Å². The first-order valence-corrected chi connectivity index (χ1v) is 6.33. The fourth-order valence-corrected chi connectivity index (χ4v) is 2.35. The molecule has 0 aliphatic rings. The summed E-state index contributed by atoms with van der Waals surface area (Å²) < 4.78 is 13.8. The Balaban J connectivity index is 2.90. The van der Waals surface area contributed by atoms with Crippen LogP contribution in [0.3, 0.4) is 0 Å². The molecule has 1 N–H and O–H groups in total. The van der Waals surface area contributed by atoms with Gasteiger partial charge in [-0.2, -0.15) is 0 Å². The predicted octanol–water partition coefficient (Wildman–Crippen LogP) is 3.78. The van der Waals surface area contributed by atoms with Gasteiger partial charge in [-0.25, -0.2) is 4.39 Å². The number of aliphatic hydroxyl groups excluding tert-OH is 1. The molecule has 2 atom stereocenters. The number of benzene rings is 1. The summed E-state index contributed by atoms with van der Waals surface area (Å²) in [4.78, 5) is 0. The van der Waals surface area contributed by atoms with Crippen LogP contribution in [0.1, 0.15) is 26.3 Å². The summed E-state index contributed by atoms with van der Waals surface area (Å²) in [6.07, 6.45) is 0.309. The lowest BCUT2D eigenvalue weighted by molar-refractivity contribution is 0.0975. The molecule has 0 fully saturated rings. The molecule has 0 radical (unpaired) electrons. The molecule has 0 aliphatic heterocycles. The molecule has 0 heterocycles. The highest BCUT2D eigenvalue weighted by Gasteiger charge is 2.20. The van der Waals surface area contributed by atoms with E-state index in [2.05, 4.69) is 29.8 Å². The Morgan fingerprint density at radius 3 is 2.44 bits per heavy atom. The maximum absolute atomic E-state index is 13.3. The van der Waals surface area contributed by atoms with E-state index in [9.17, 15) is 9.50 Å². The first kappa shape index (κ1) is 13.7. The average Bonchev–Trinajstić information content (AvgIpc) is 2.19. The van der Waals surface area contributed by atoms with Gasteiger partial charge in [0.05, 0.1) is 10.6 Å². The van der Waals surface area contributed by atoms with Gasteiger partial charge in [-0.1, -0.05) is 26.0 Å². The summed E-state index contributed by atoms with van der Waals surface area (Å²) >= 11 is 3.25. The van der Waals surface area contributed by atoms with Gasteiger partial charge in [0.1, 0.15) is 5.82 Å². The molecule has 1 aromatic rings. The van der Waals surface area contributed by atoms with Crippen molar-refractivity contribution in [3.8, 4) is 0 Å². The van der Waals surface area contributed by atoms with Crippen LogP contribution in [0.5, 0.6) is 0 Å². The summed E-state index contributed by atoms with van der Waals surface area (Å²) in [5.41, 5.74) is 0.916. The lowest BCUT2D eigenvalue weighted by Gasteiger charge is -2.24. The molecular formula is C13H18BrFO. The van der Waals surface area contributed by atoms with E-state index in [4.69, 9.17) is 0 Å². The molecule has 1 aromatic carbocycles. The Hall–Kier alpha value is -0.410. The fourth-order valence-electron chi connectivity index (χ4n) is 1.92. The minimum Gasteiger partial charge on any atom is -0.393 e. The molecule has 1 nitrogen and oxygen atoms in total. The van der Waals surface area contributed by atoms with Crippen molar-refractivity contribution in [1.29, 1.82) is 0 Å². The Kier molecular flexibility index (Phi) is 4.93. The van der Waals surface area contributed by atoms with Crippen LogP contribution in [-0.2, 0) is 6.42 Å². The van der Waals surface area contributed by atoms with Gasteiger partial charge in [-0.15, -0.1) is 0 Å². The molecule has 3 heteroatoms. The van der Waals surface area contributed by atoms with Crippen molar-refractivity contribution in [3.05, 3.63) is 34.1 Å². The fraction of sp³-hybridized carbons (Fsp3) is 0.538. The van der Waals surface area contributed by atoms with Crippen molar-refractivity contribution in [1.82, 2.24) is 0 Å². The van der Waals surface area contributed by atoms with Crippen molar-refractivity contribution in [2.24, 2.45) is 11.8 Å². The summed E-state index contributed by atoms with van der Waals surface area (Å²) in [7, 11) is 0. The zero-order valence-electron chi connectivity index (χ0n) is 9.87. The van der Waals surface area contributed by atoms with Crippen LogP contribution in [0.15, 0.2) is 22.7 Å². The summed E-state index contributed by atoms with van der Waals surface area (Å²) in [5, 5.41) is 9.70. The average molecular weight is 289 g/mol. The van der Waals surface area contributed by atoms with E-state index in [1.807, 2.05) is 6.07 Å². The lowest BCUT2D eigenvalue weighted by Crippen LogP contribution is -2.24. The maximum Gasteiger partial charge on any atom is 0.137 e. The molecule has 2 unspecified atom stereocenters. The first-order chi connectivity index (χ1) is 7.43. The van der Waals surface area contributed by atoms with E-state index in [0.717, 1.165) is 5.56 Å². The van der Waals surface area contributed by atoms with E-state index in [-0.39, 0.29) is 17.8 Å².